The summed E-state index contributed by atoms with van der Waals surface area (Å²) in [6.07, 6.45) is 0. The van der Waals surface area contributed by atoms with E-state index in [0.717, 1.165) is 12.1 Å². The van der Waals surface area contributed by atoms with E-state index in [-0.39, 0.29) is 31.3 Å². The van der Waals surface area contributed by atoms with Crippen LogP contribution in [0.1, 0.15) is 19.4 Å². The Morgan fingerprint density at radius 3 is 2.52 bits per heavy atom. The summed E-state index contributed by atoms with van der Waals surface area (Å²) in [5.74, 6) is -1.86. The highest BCUT2D eigenvalue weighted by Gasteiger charge is 2.23. The summed E-state index contributed by atoms with van der Waals surface area (Å²) in [5.41, 5.74) is -0.293. The fourth-order valence-electron chi connectivity index (χ4n) is 1.61. The molecule has 0 saturated carbocycles. The fourth-order valence-corrected chi connectivity index (χ4v) is 2.72. The van der Waals surface area contributed by atoms with Gasteiger partial charge in [0, 0.05) is 31.8 Å². The first-order valence-electron chi connectivity index (χ1n) is 6.48. The molecule has 1 aromatic rings. The predicted octanol–water partition coefficient (Wildman–Crippen LogP) is 1.39. The lowest BCUT2D eigenvalue weighted by Gasteiger charge is -2.13. The Kier molecular flexibility index (Phi) is 6.66. The number of hydrogen-bond acceptors (Lipinski definition) is 4. The molecule has 1 rings (SSSR count). The van der Waals surface area contributed by atoms with Crippen LogP contribution in [0.4, 0.5) is 8.78 Å². The lowest BCUT2D eigenvalue weighted by atomic mass is 10.2. The Balaban J connectivity index is 3.06. The smallest absolute Gasteiger partial charge is 0.243 e. The van der Waals surface area contributed by atoms with Crippen LogP contribution >= 0.6 is 0 Å². The number of ether oxygens (including phenoxy) is 1. The molecule has 0 spiro atoms. The van der Waals surface area contributed by atoms with E-state index in [0.29, 0.717) is 0 Å². The zero-order valence-corrected chi connectivity index (χ0v) is 13.1. The minimum atomic E-state index is -4.04. The minimum Gasteiger partial charge on any atom is -0.383 e. The van der Waals surface area contributed by atoms with E-state index in [2.05, 4.69) is 10.0 Å². The van der Waals surface area contributed by atoms with Crippen LogP contribution in [0.2, 0.25) is 0 Å². The van der Waals surface area contributed by atoms with Gasteiger partial charge in [-0.15, -0.1) is 0 Å². The van der Waals surface area contributed by atoms with Crippen LogP contribution in [0, 0.1) is 11.6 Å². The summed E-state index contributed by atoms with van der Waals surface area (Å²) in [7, 11) is -2.62. The maximum Gasteiger partial charge on any atom is 0.243 e. The van der Waals surface area contributed by atoms with Crippen molar-refractivity contribution in [2.75, 3.05) is 20.3 Å². The molecule has 0 aliphatic rings. The second-order valence-corrected chi connectivity index (χ2v) is 6.50. The van der Waals surface area contributed by atoms with E-state index in [1.54, 1.807) is 0 Å². The molecule has 0 aromatic heterocycles. The van der Waals surface area contributed by atoms with Gasteiger partial charge in [0.2, 0.25) is 10.0 Å². The molecule has 0 saturated heterocycles. The Bertz CT molecular complexity index is 577. The molecule has 120 valence electrons. The van der Waals surface area contributed by atoms with Crippen LogP contribution in [0.25, 0.3) is 0 Å². The van der Waals surface area contributed by atoms with Crippen molar-refractivity contribution in [3.63, 3.8) is 0 Å². The van der Waals surface area contributed by atoms with E-state index in [9.17, 15) is 17.2 Å². The highest BCUT2D eigenvalue weighted by Crippen LogP contribution is 2.21. The first-order chi connectivity index (χ1) is 9.79. The average molecular weight is 322 g/mol. The topological polar surface area (TPSA) is 67.4 Å². The zero-order valence-electron chi connectivity index (χ0n) is 12.2. The van der Waals surface area contributed by atoms with Gasteiger partial charge in [-0.1, -0.05) is 13.8 Å². The van der Waals surface area contributed by atoms with Crippen LogP contribution in [0.5, 0.6) is 0 Å². The second-order valence-electron chi connectivity index (χ2n) is 4.76. The maximum atomic E-state index is 14.3. The molecule has 0 radical (unpaired) electrons. The second kappa shape index (κ2) is 7.79. The SMILES string of the molecule is COCCNS(=O)(=O)c1ccc(F)c(CNC(C)C)c1F. The van der Waals surface area contributed by atoms with Crippen molar-refractivity contribution in [2.24, 2.45) is 0 Å². The third kappa shape index (κ3) is 4.99. The molecule has 1 aromatic carbocycles. The Hall–Kier alpha value is -1.09. The number of sulfonamides is 1. The number of halogens is 2. The predicted molar refractivity (Wildman–Crippen MR) is 75.4 cm³/mol. The summed E-state index contributed by atoms with van der Waals surface area (Å²) >= 11 is 0. The zero-order chi connectivity index (χ0) is 16.0. The number of rotatable bonds is 8. The Labute approximate surface area is 123 Å². The van der Waals surface area contributed by atoms with E-state index in [1.165, 1.54) is 7.11 Å². The van der Waals surface area contributed by atoms with Crippen molar-refractivity contribution in [1.29, 1.82) is 0 Å². The number of benzene rings is 1. The molecule has 0 aliphatic heterocycles. The Morgan fingerprint density at radius 2 is 1.95 bits per heavy atom. The van der Waals surface area contributed by atoms with Crippen LogP contribution in [-0.2, 0) is 21.3 Å². The highest BCUT2D eigenvalue weighted by molar-refractivity contribution is 7.89. The van der Waals surface area contributed by atoms with Gasteiger partial charge in [-0.3, -0.25) is 0 Å². The lowest BCUT2D eigenvalue weighted by molar-refractivity contribution is 0.204. The van der Waals surface area contributed by atoms with E-state index in [4.69, 9.17) is 4.74 Å². The van der Waals surface area contributed by atoms with Gasteiger partial charge in [0.25, 0.3) is 0 Å². The lowest BCUT2D eigenvalue weighted by Crippen LogP contribution is -2.29. The molecular formula is C13H20F2N2O3S. The standard InChI is InChI=1S/C13H20F2N2O3S/c1-9(2)16-8-10-11(14)4-5-12(13(10)15)21(18,19)17-6-7-20-3/h4-5,9,16-17H,6-8H2,1-3H3. The molecule has 0 aliphatic carbocycles. The quantitative estimate of drug-likeness (QED) is 0.710. The van der Waals surface area contributed by atoms with Gasteiger partial charge >= 0.3 is 0 Å². The molecular weight excluding hydrogens is 302 g/mol. The van der Waals surface area contributed by atoms with Crippen molar-refractivity contribution >= 4 is 10.0 Å². The average Bonchev–Trinajstić information content (AvgIpc) is 2.37. The van der Waals surface area contributed by atoms with Crippen molar-refractivity contribution in [1.82, 2.24) is 10.0 Å². The van der Waals surface area contributed by atoms with Crippen LogP contribution in [0.3, 0.4) is 0 Å². The van der Waals surface area contributed by atoms with Crippen molar-refractivity contribution in [2.45, 2.75) is 31.3 Å². The first kappa shape index (κ1) is 18.0. The van der Waals surface area contributed by atoms with E-state index in [1.807, 2.05) is 13.8 Å². The fraction of sp³-hybridized carbons (Fsp3) is 0.538. The number of nitrogens with one attached hydrogen (secondary N) is 2. The molecule has 5 nitrogen and oxygen atoms in total. The van der Waals surface area contributed by atoms with Gasteiger partial charge in [0.15, 0.2) is 5.82 Å². The van der Waals surface area contributed by atoms with Crippen LogP contribution in [-0.4, -0.2) is 34.7 Å². The molecule has 0 amide bonds. The molecule has 0 atom stereocenters. The molecule has 8 heteroatoms. The molecule has 0 bridgehead atoms. The van der Waals surface area contributed by atoms with Crippen molar-refractivity contribution < 1.29 is 21.9 Å². The summed E-state index contributed by atoms with van der Waals surface area (Å²) in [5, 5.41) is 2.86. The Morgan fingerprint density at radius 1 is 1.29 bits per heavy atom. The molecule has 0 fully saturated rings. The first-order valence-corrected chi connectivity index (χ1v) is 7.96. The van der Waals surface area contributed by atoms with Gasteiger partial charge in [0.05, 0.1) is 6.61 Å². The minimum absolute atomic E-state index is 0.00915. The molecule has 0 unspecified atom stereocenters. The van der Waals surface area contributed by atoms with E-state index < -0.39 is 26.6 Å². The van der Waals surface area contributed by atoms with Gasteiger partial charge < -0.3 is 10.1 Å². The van der Waals surface area contributed by atoms with Crippen molar-refractivity contribution in [3.05, 3.63) is 29.3 Å². The normalized spacial score (nSPS) is 12.1. The highest BCUT2D eigenvalue weighted by atomic mass is 32.2. The van der Waals surface area contributed by atoms with Gasteiger partial charge in [-0.2, -0.15) is 0 Å². The summed E-state index contributed by atoms with van der Waals surface area (Å²) in [6, 6.07) is 1.88. The number of hydrogen-bond donors (Lipinski definition) is 2. The van der Waals surface area contributed by atoms with E-state index >= 15 is 0 Å². The van der Waals surface area contributed by atoms with Crippen LogP contribution < -0.4 is 10.0 Å². The van der Waals surface area contributed by atoms with Crippen LogP contribution in [0.15, 0.2) is 17.0 Å². The number of methoxy groups -OCH3 is 1. The summed E-state index contributed by atoms with van der Waals surface area (Å²) in [4.78, 5) is -0.569. The largest absolute Gasteiger partial charge is 0.383 e. The molecule has 21 heavy (non-hydrogen) atoms. The maximum absolute atomic E-state index is 14.3. The van der Waals surface area contributed by atoms with Crippen molar-refractivity contribution in [3.8, 4) is 0 Å². The summed E-state index contributed by atoms with van der Waals surface area (Å²) in [6.45, 7) is 3.72. The van der Waals surface area contributed by atoms with Gasteiger partial charge in [-0.05, 0) is 12.1 Å². The van der Waals surface area contributed by atoms with Gasteiger partial charge in [-0.25, -0.2) is 21.9 Å². The monoisotopic (exact) mass is 322 g/mol. The summed E-state index contributed by atoms with van der Waals surface area (Å²) < 4.78 is 58.8. The van der Waals surface area contributed by atoms with Gasteiger partial charge in [0.1, 0.15) is 10.7 Å². The molecule has 0 heterocycles. The molecule has 2 N–H and O–H groups in total. The third-order valence-corrected chi connectivity index (χ3v) is 4.20. The third-order valence-electron chi connectivity index (χ3n) is 2.73.